The predicted molar refractivity (Wildman–Crippen MR) is 39.1 cm³/mol. The van der Waals surface area contributed by atoms with Gasteiger partial charge in [-0.05, 0) is 17.5 Å². The van der Waals surface area contributed by atoms with Crippen molar-refractivity contribution in [3.63, 3.8) is 0 Å². The van der Waals surface area contributed by atoms with Crippen LogP contribution in [-0.2, 0) is 0 Å². The Morgan fingerprint density at radius 2 is 2.44 bits per heavy atom. The molecule has 1 aromatic rings. The van der Waals surface area contributed by atoms with Crippen molar-refractivity contribution >= 4 is 17.3 Å². The molecule has 0 atom stereocenters. The highest BCUT2D eigenvalue weighted by Gasteiger charge is 2.10. The van der Waals surface area contributed by atoms with E-state index < -0.39 is 0 Å². The number of hydrogen-bond donors (Lipinski definition) is 0. The molecule has 1 aliphatic rings. The molecule has 0 saturated heterocycles. The van der Waals surface area contributed by atoms with Crippen LogP contribution < -0.4 is 0 Å². The van der Waals surface area contributed by atoms with Gasteiger partial charge in [-0.2, -0.15) is 0 Å². The third-order valence-corrected chi connectivity index (χ3v) is 2.23. The molecule has 46 valence electrons. The lowest BCUT2D eigenvalue weighted by atomic mass is 10.2. The molecule has 0 saturated carbocycles. The summed E-state index contributed by atoms with van der Waals surface area (Å²) >= 11 is 1.82. The number of hydrogen-bond acceptors (Lipinski definition) is 2. The van der Waals surface area contributed by atoms with E-state index in [1.807, 2.05) is 23.9 Å². The number of furan rings is 1. The van der Waals surface area contributed by atoms with Crippen molar-refractivity contribution in [2.75, 3.05) is 5.75 Å². The van der Waals surface area contributed by atoms with Crippen molar-refractivity contribution in [1.82, 2.24) is 0 Å². The van der Waals surface area contributed by atoms with Gasteiger partial charge >= 0.3 is 0 Å². The molecule has 9 heavy (non-hydrogen) atoms. The maximum Gasteiger partial charge on any atom is 0.131 e. The average Bonchev–Trinajstić information content (AvgIpc) is 2.11. The monoisotopic (exact) mass is 138 g/mol. The van der Waals surface area contributed by atoms with E-state index in [2.05, 4.69) is 5.41 Å². The van der Waals surface area contributed by atoms with Crippen LogP contribution in [0.1, 0.15) is 5.76 Å². The summed E-state index contributed by atoms with van der Waals surface area (Å²) in [5.74, 6) is 2.13. The molecule has 0 N–H and O–H groups in total. The smallest absolute Gasteiger partial charge is 0.131 e. The molecular weight excluding hydrogens is 132 g/mol. The molecule has 1 nitrogen and oxygen atoms in total. The van der Waals surface area contributed by atoms with Crippen LogP contribution in [0.15, 0.2) is 28.2 Å². The van der Waals surface area contributed by atoms with Crippen molar-refractivity contribution in [2.24, 2.45) is 0 Å². The van der Waals surface area contributed by atoms with Crippen molar-refractivity contribution < 1.29 is 4.42 Å². The molecule has 2 heterocycles. The second-order valence-corrected chi connectivity index (χ2v) is 2.79. The quantitative estimate of drug-likeness (QED) is 0.591. The minimum atomic E-state index is 1.02. The van der Waals surface area contributed by atoms with Crippen LogP contribution in [0.4, 0.5) is 0 Å². The molecule has 2 heteroatoms. The van der Waals surface area contributed by atoms with E-state index in [1.165, 1.54) is 5.57 Å². The third kappa shape index (κ3) is 0.793. The van der Waals surface area contributed by atoms with Gasteiger partial charge in [0.15, 0.2) is 0 Å². The molecule has 0 aliphatic carbocycles. The molecule has 0 radical (unpaired) electrons. The van der Waals surface area contributed by atoms with Crippen LogP contribution in [0.3, 0.4) is 0 Å². The van der Waals surface area contributed by atoms with Gasteiger partial charge in [-0.25, -0.2) is 0 Å². The Morgan fingerprint density at radius 3 is 2.89 bits per heavy atom. The van der Waals surface area contributed by atoms with E-state index in [1.54, 1.807) is 6.26 Å². The molecule has 0 fully saturated rings. The second-order valence-electron chi connectivity index (χ2n) is 1.93. The first-order valence-electron chi connectivity index (χ1n) is 2.81. The van der Waals surface area contributed by atoms with Gasteiger partial charge in [0.1, 0.15) is 5.76 Å². The van der Waals surface area contributed by atoms with Gasteiger partial charge in [-0.1, -0.05) is 0 Å². The van der Waals surface area contributed by atoms with Crippen LogP contribution in [0, 0.1) is 0 Å². The highest BCUT2D eigenvalue weighted by Crippen LogP contribution is 2.31. The summed E-state index contributed by atoms with van der Waals surface area (Å²) < 4.78 is 5.16. The molecule has 0 bridgehead atoms. The zero-order chi connectivity index (χ0) is 6.10. The minimum absolute atomic E-state index is 1.02. The summed E-state index contributed by atoms with van der Waals surface area (Å²) in [6, 6.07) is 3.91. The topological polar surface area (TPSA) is 13.1 Å². The fraction of sp³-hybridized carbons (Fsp3) is 0.143. The number of thioether (sulfide) groups is 1. The van der Waals surface area contributed by atoms with Crippen LogP contribution >= 0.6 is 11.8 Å². The van der Waals surface area contributed by atoms with E-state index >= 15 is 0 Å². The standard InChI is InChI=1S/C7H6OS/c1-2-7(8-3-1)6-4-9-5-6/h1-4H,5H2. The van der Waals surface area contributed by atoms with Gasteiger partial charge in [0, 0.05) is 11.3 Å². The second kappa shape index (κ2) is 1.95. The maximum absolute atomic E-state index is 5.16. The Labute approximate surface area is 57.7 Å². The Balaban J connectivity index is 2.34. The van der Waals surface area contributed by atoms with E-state index in [0.29, 0.717) is 0 Å². The van der Waals surface area contributed by atoms with Crippen LogP contribution in [0.25, 0.3) is 5.57 Å². The third-order valence-electron chi connectivity index (χ3n) is 1.30. The fourth-order valence-corrected chi connectivity index (χ4v) is 1.35. The Bertz CT molecular complexity index is 223. The normalized spacial score (nSPS) is 16.7. The van der Waals surface area contributed by atoms with E-state index in [-0.39, 0.29) is 0 Å². The van der Waals surface area contributed by atoms with Crippen LogP contribution in [0.5, 0.6) is 0 Å². The van der Waals surface area contributed by atoms with Crippen LogP contribution in [-0.4, -0.2) is 5.75 Å². The van der Waals surface area contributed by atoms with Crippen LogP contribution in [0.2, 0.25) is 0 Å². The van der Waals surface area contributed by atoms with Gasteiger partial charge < -0.3 is 4.42 Å². The largest absolute Gasteiger partial charge is 0.465 e. The first-order valence-corrected chi connectivity index (χ1v) is 3.86. The summed E-state index contributed by atoms with van der Waals surface area (Å²) in [4.78, 5) is 0. The predicted octanol–water partition coefficient (Wildman–Crippen LogP) is 2.37. The zero-order valence-electron chi connectivity index (χ0n) is 4.83. The average molecular weight is 138 g/mol. The lowest BCUT2D eigenvalue weighted by Gasteiger charge is -2.09. The molecule has 0 amide bonds. The van der Waals surface area contributed by atoms with Gasteiger partial charge in [-0.15, -0.1) is 11.8 Å². The van der Waals surface area contributed by atoms with E-state index in [9.17, 15) is 0 Å². The van der Waals surface area contributed by atoms with Gasteiger partial charge in [0.25, 0.3) is 0 Å². The molecule has 0 unspecified atom stereocenters. The highest BCUT2D eigenvalue weighted by molar-refractivity contribution is 8.04. The summed E-state index contributed by atoms with van der Waals surface area (Å²) in [5, 5.41) is 2.12. The van der Waals surface area contributed by atoms with E-state index in [4.69, 9.17) is 4.42 Å². The van der Waals surface area contributed by atoms with Gasteiger partial charge in [0.2, 0.25) is 0 Å². The van der Waals surface area contributed by atoms with Gasteiger partial charge in [0.05, 0.1) is 6.26 Å². The SMILES string of the molecule is C1=C(c2ccco2)CS1. The Hall–Kier alpha value is -0.630. The maximum atomic E-state index is 5.16. The van der Waals surface area contributed by atoms with Gasteiger partial charge in [-0.3, -0.25) is 0 Å². The van der Waals surface area contributed by atoms with Crippen molar-refractivity contribution in [3.8, 4) is 0 Å². The molecule has 0 aromatic carbocycles. The lowest BCUT2D eigenvalue weighted by molar-refractivity contribution is 0.553. The molecule has 0 spiro atoms. The molecule has 1 aromatic heterocycles. The number of rotatable bonds is 1. The summed E-state index contributed by atoms with van der Waals surface area (Å²) in [7, 11) is 0. The summed E-state index contributed by atoms with van der Waals surface area (Å²) in [6.07, 6.45) is 1.71. The summed E-state index contributed by atoms with van der Waals surface area (Å²) in [5.41, 5.74) is 1.32. The Kier molecular flexibility index (Phi) is 1.12. The zero-order valence-corrected chi connectivity index (χ0v) is 5.65. The lowest BCUT2D eigenvalue weighted by Crippen LogP contribution is -1.91. The molecular formula is C7H6OS. The van der Waals surface area contributed by atoms with Crippen molar-refractivity contribution in [3.05, 3.63) is 29.6 Å². The first-order chi connectivity index (χ1) is 4.47. The van der Waals surface area contributed by atoms with E-state index in [0.717, 1.165) is 11.5 Å². The van der Waals surface area contributed by atoms with Crippen molar-refractivity contribution in [1.29, 1.82) is 0 Å². The highest BCUT2D eigenvalue weighted by atomic mass is 32.2. The molecule has 1 aliphatic heterocycles. The first kappa shape index (κ1) is 5.18. The Morgan fingerprint density at radius 1 is 1.56 bits per heavy atom. The minimum Gasteiger partial charge on any atom is -0.465 e. The molecule has 2 rings (SSSR count). The summed E-state index contributed by atoms with van der Waals surface area (Å²) in [6.45, 7) is 0. The van der Waals surface area contributed by atoms with Crippen molar-refractivity contribution in [2.45, 2.75) is 0 Å². The fourth-order valence-electron chi connectivity index (χ4n) is 0.757.